The van der Waals surface area contributed by atoms with Crippen molar-refractivity contribution in [3.05, 3.63) is 0 Å². The minimum Gasteiger partial charge on any atom is -0.326 e. The summed E-state index contributed by atoms with van der Waals surface area (Å²) in [6.45, 7) is 8.94. The maximum Gasteiger partial charge on any atom is 0.0206 e. The Morgan fingerprint density at radius 2 is 2.00 bits per heavy atom. The molecular weight excluding hydrogens is 124 g/mol. The molecule has 2 nitrogen and oxygen atoms in total. The molecule has 10 heavy (non-hydrogen) atoms. The van der Waals surface area contributed by atoms with Gasteiger partial charge in [0.15, 0.2) is 0 Å². The summed E-state index contributed by atoms with van der Waals surface area (Å²) in [7, 11) is 0. The SMILES string of the molecule is CC(C)N1C[C@@H](N)[C@@H](C)C1. The van der Waals surface area contributed by atoms with Crippen LogP contribution in [-0.4, -0.2) is 30.1 Å². The van der Waals surface area contributed by atoms with Gasteiger partial charge in [0.2, 0.25) is 0 Å². The Balaban J connectivity index is 2.41. The Hall–Kier alpha value is -0.0800. The van der Waals surface area contributed by atoms with Crippen molar-refractivity contribution in [3.8, 4) is 0 Å². The lowest BCUT2D eigenvalue weighted by Gasteiger charge is -2.19. The Bertz CT molecular complexity index is 102. The van der Waals surface area contributed by atoms with Crippen LogP contribution < -0.4 is 5.73 Å². The predicted molar refractivity (Wildman–Crippen MR) is 43.8 cm³/mol. The topological polar surface area (TPSA) is 29.3 Å². The fourth-order valence-corrected chi connectivity index (χ4v) is 1.45. The van der Waals surface area contributed by atoms with Crippen LogP contribution in [-0.2, 0) is 0 Å². The van der Waals surface area contributed by atoms with E-state index in [1.165, 1.54) is 6.54 Å². The summed E-state index contributed by atoms with van der Waals surface area (Å²) in [6, 6.07) is 1.07. The van der Waals surface area contributed by atoms with Gasteiger partial charge in [0.1, 0.15) is 0 Å². The maximum atomic E-state index is 5.86. The molecule has 2 atom stereocenters. The quantitative estimate of drug-likeness (QED) is 0.583. The highest BCUT2D eigenvalue weighted by molar-refractivity contribution is 4.85. The second-order valence-corrected chi connectivity index (χ2v) is 3.69. The highest BCUT2D eigenvalue weighted by Gasteiger charge is 2.27. The van der Waals surface area contributed by atoms with Crippen molar-refractivity contribution in [2.75, 3.05) is 13.1 Å². The molecule has 0 aliphatic carbocycles. The highest BCUT2D eigenvalue weighted by Crippen LogP contribution is 2.16. The molecule has 0 saturated carbocycles. The van der Waals surface area contributed by atoms with E-state index in [4.69, 9.17) is 5.73 Å². The fourth-order valence-electron chi connectivity index (χ4n) is 1.45. The number of hydrogen-bond donors (Lipinski definition) is 1. The first-order valence-electron chi connectivity index (χ1n) is 4.11. The fraction of sp³-hybridized carbons (Fsp3) is 1.00. The van der Waals surface area contributed by atoms with Crippen molar-refractivity contribution in [3.63, 3.8) is 0 Å². The van der Waals surface area contributed by atoms with Crippen molar-refractivity contribution < 1.29 is 0 Å². The Kier molecular flexibility index (Phi) is 2.32. The van der Waals surface area contributed by atoms with E-state index >= 15 is 0 Å². The van der Waals surface area contributed by atoms with E-state index < -0.39 is 0 Å². The number of nitrogens with zero attached hydrogens (tertiary/aromatic N) is 1. The lowest BCUT2D eigenvalue weighted by Crippen LogP contribution is -2.31. The zero-order valence-corrected chi connectivity index (χ0v) is 7.17. The first-order valence-corrected chi connectivity index (χ1v) is 4.11. The Labute approximate surface area is 63.4 Å². The third-order valence-electron chi connectivity index (χ3n) is 2.43. The van der Waals surface area contributed by atoms with Crippen molar-refractivity contribution in [2.24, 2.45) is 11.7 Å². The Morgan fingerprint density at radius 3 is 2.20 bits per heavy atom. The average molecular weight is 142 g/mol. The molecule has 0 aromatic heterocycles. The first-order chi connectivity index (χ1) is 4.61. The molecule has 0 bridgehead atoms. The monoisotopic (exact) mass is 142 g/mol. The van der Waals surface area contributed by atoms with Crippen LogP contribution in [0.2, 0.25) is 0 Å². The van der Waals surface area contributed by atoms with Gasteiger partial charge in [0, 0.05) is 25.2 Å². The molecule has 0 amide bonds. The number of likely N-dealkylation sites (tertiary alicyclic amines) is 1. The van der Waals surface area contributed by atoms with Crippen molar-refractivity contribution in [1.82, 2.24) is 4.90 Å². The van der Waals surface area contributed by atoms with Crippen LogP contribution in [0.25, 0.3) is 0 Å². The van der Waals surface area contributed by atoms with Gasteiger partial charge >= 0.3 is 0 Å². The van der Waals surface area contributed by atoms with E-state index in [0.717, 1.165) is 6.54 Å². The van der Waals surface area contributed by atoms with Crippen LogP contribution in [0, 0.1) is 5.92 Å². The van der Waals surface area contributed by atoms with Crippen LogP contribution in [0.3, 0.4) is 0 Å². The molecule has 1 rings (SSSR count). The minimum atomic E-state index is 0.405. The van der Waals surface area contributed by atoms with E-state index in [1.54, 1.807) is 0 Å². The van der Waals surface area contributed by atoms with Gasteiger partial charge in [-0.2, -0.15) is 0 Å². The molecule has 2 N–H and O–H groups in total. The molecule has 1 heterocycles. The van der Waals surface area contributed by atoms with Gasteiger partial charge in [-0.15, -0.1) is 0 Å². The summed E-state index contributed by atoms with van der Waals surface area (Å²) >= 11 is 0. The van der Waals surface area contributed by atoms with E-state index in [0.29, 0.717) is 18.0 Å². The predicted octanol–water partition coefficient (Wildman–Crippen LogP) is 0.674. The lowest BCUT2D eigenvalue weighted by atomic mass is 10.1. The molecular formula is C8H18N2. The molecule has 60 valence electrons. The second-order valence-electron chi connectivity index (χ2n) is 3.69. The minimum absolute atomic E-state index is 0.405. The van der Waals surface area contributed by atoms with Crippen LogP contribution in [0.15, 0.2) is 0 Å². The van der Waals surface area contributed by atoms with E-state index in [2.05, 4.69) is 25.7 Å². The van der Waals surface area contributed by atoms with E-state index in [1.807, 2.05) is 0 Å². The molecule has 2 heteroatoms. The third kappa shape index (κ3) is 1.50. The van der Waals surface area contributed by atoms with Gasteiger partial charge in [-0.1, -0.05) is 6.92 Å². The van der Waals surface area contributed by atoms with Crippen LogP contribution in [0.5, 0.6) is 0 Å². The first kappa shape index (κ1) is 8.02. The van der Waals surface area contributed by atoms with Crippen LogP contribution >= 0.6 is 0 Å². The van der Waals surface area contributed by atoms with Crippen molar-refractivity contribution in [1.29, 1.82) is 0 Å². The number of rotatable bonds is 1. The summed E-state index contributed by atoms with van der Waals surface area (Å²) in [4.78, 5) is 2.44. The number of hydrogen-bond acceptors (Lipinski definition) is 2. The Morgan fingerprint density at radius 1 is 1.40 bits per heavy atom. The molecule has 1 fully saturated rings. The summed E-state index contributed by atoms with van der Waals surface area (Å²) in [5.41, 5.74) is 5.86. The summed E-state index contributed by atoms with van der Waals surface area (Å²) < 4.78 is 0. The van der Waals surface area contributed by atoms with Gasteiger partial charge in [-0.05, 0) is 19.8 Å². The van der Waals surface area contributed by atoms with Crippen LogP contribution in [0.1, 0.15) is 20.8 Å². The van der Waals surface area contributed by atoms with Crippen LogP contribution in [0.4, 0.5) is 0 Å². The standard InChI is InChI=1S/C8H18N2/c1-6(2)10-4-7(3)8(9)5-10/h6-8H,4-5,9H2,1-3H3/t7-,8+/m0/s1. The van der Waals surface area contributed by atoms with E-state index in [9.17, 15) is 0 Å². The lowest BCUT2D eigenvalue weighted by molar-refractivity contribution is 0.266. The molecule has 0 unspecified atom stereocenters. The largest absolute Gasteiger partial charge is 0.326 e. The number of nitrogens with two attached hydrogens (primary N) is 1. The molecule has 1 aliphatic rings. The second kappa shape index (κ2) is 2.89. The third-order valence-corrected chi connectivity index (χ3v) is 2.43. The van der Waals surface area contributed by atoms with Crippen molar-refractivity contribution in [2.45, 2.75) is 32.9 Å². The van der Waals surface area contributed by atoms with Gasteiger partial charge in [-0.3, -0.25) is 4.90 Å². The molecule has 0 aromatic carbocycles. The smallest absolute Gasteiger partial charge is 0.0206 e. The highest BCUT2D eigenvalue weighted by atomic mass is 15.2. The molecule has 0 radical (unpaired) electrons. The van der Waals surface area contributed by atoms with Gasteiger partial charge in [0.25, 0.3) is 0 Å². The average Bonchev–Trinajstić information content (AvgIpc) is 2.13. The molecule has 1 saturated heterocycles. The summed E-state index contributed by atoms with van der Waals surface area (Å²) in [5, 5.41) is 0. The zero-order chi connectivity index (χ0) is 7.72. The van der Waals surface area contributed by atoms with Crippen molar-refractivity contribution >= 4 is 0 Å². The summed E-state index contributed by atoms with van der Waals surface area (Å²) in [6.07, 6.45) is 0. The van der Waals surface area contributed by atoms with E-state index in [-0.39, 0.29) is 0 Å². The summed E-state index contributed by atoms with van der Waals surface area (Å²) in [5.74, 6) is 0.683. The van der Waals surface area contributed by atoms with Gasteiger partial charge < -0.3 is 5.73 Å². The molecule has 1 aliphatic heterocycles. The normalized spacial score (nSPS) is 35.7. The van der Waals surface area contributed by atoms with Gasteiger partial charge in [-0.25, -0.2) is 0 Å². The molecule has 0 spiro atoms. The molecule has 0 aromatic rings. The zero-order valence-electron chi connectivity index (χ0n) is 7.17. The maximum absolute atomic E-state index is 5.86. The van der Waals surface area contributed by atoms with Gasteiger partial charge in [0.05, 0.1) is 0 Å².